The van der Waals surface area contributed by atoms with Crippen molar-refractivity contribution in [3.63, 3.8) is 0 Å². The minimum Gasteiger partial charge on any atom is -0.458 e. The largest absolute Gasteiger partial charge is 0.458 e. The summed E-state index contributed by atoms with van der Waals surface area (Å²) in [6.45, 7) is 10.6. The predicted molar refractivity (Wildman–Crippen MR) is 77.7 cm³/mol. The van der Waals surface area contributed by atoms with Crippen LogP contribution in [0.2, 0.25) is 0 Å². The van der Waals surface area contributed by atoms with Crippen LogP contribution in [0.1, 0.15) is 41.5 Å². The van der Waals surface area contributed by atoms with Crippen molar-refractivity contribution in [2.75, 3.05) is 13.2 Å². The van der Waals surface area contributed by atoms with Crippen LogP contribution >= 0.6 is 0 Å². The number of aliphatic hydroxyl groups is 1. The summed E-state index contributed by atoms with van der Waals surface area (Å²) in [7, 11) is 0. The summed E-state index contributed by atoms with van der Waals surface area (Å²) in [5, 5.41) is 8.98. The van der Waals surface area contributed by atoms with Crippen LogP contribution in [0.4, 0.5) is 4.79 Å². The Kier molecular flexibility index (Phi) is 5.04. The van der Waals surface area contributed by atoms with E-state index in [9.17, 15) is 9.59 Å². The number of amides is 1. The summed E-state index contributed by atoms with van der Waals surface area (Å²) in [4.78, 5) is 25.6. The van der Waals surface area contributed by atoms with Crippen molar-refractivity contribution in [2.45, 2.75) is 58.8 Å². The first-order valence-electron chi connectivity index (χ1n) is 6.97. The molecule has 0 bridgehead atoms. The van der Waals surface area contributed by atoms with Crippen molar-refractivity contribution in [1.82, 2.24) is 4.90 Å². The minimum atomic E-state index is -0.814. The molecule has 1 fully saturated rings. The molecule has 0 aromatic rings. The molecule has 0 spiro atoms. The standard InChI is InChI=1S/C15H25NO5/c1-14(2,3)20-12(18)11-10(7-8-17)9-16(11)13(19)21-15(4,5)6/h7,11,17H,8-9H2,1-6H3/b10-7-/t11-/m0/s1. The van der Waals surface area contributed by atoms with E-state index >= 15 is 0 Å². The van der Waals surface area contributed by atoms with E-state index in [0.717, 1.165) is 0 Å². The zero-order valence-electron chi connectivity index (χ0n) is 13.6. The van der Waals surface area contributed by atoms with Gasteiger partial charge in [0.1, 0.15) is 11.2 Å². The number of likely N-dealkylation sites (tertiary alicyclic amines) is 1. The molecule has 1 saturated heterocycles. The van der Waals surface area contributed by atoms with E-state index in [2.05, 4.69) is 0 Å². The van der Waals surface area contributed by atoms with Gasteiger partial charge < -0.3 is 14.6 Å². The van der Waals surface area contributed by atoms with Crippen LogP contribution in [-0.2, 0) is 14.3 Å². The van der Waals surface area contributed by atoms with E-state index in [4.69, 9.17) is 14.6 Å². The summed E-state index contributed by atoms with van der Waals surface area (Å²) in [6.07, 6.45) is 0.962. The Labute approximate surface area is 125 Å². The number of hydrogen-bond donors (Lipinski definition) is 1. The summed E-state index contributed by atoms with van der Waals surface area (Å²) in [5.41, 5.74) is -0.611. The first-order chi connectivity index (χ1) is 9.44. The average molecular weight is 299 g/mol. The van der Waals surface area contributed by atoms with Crippen molar-refractivity contribution >= 4 is 12.1 Å². The number of carbonyl (C=O) groups is 2. The average Bonchev–Trinajstić information content (AvgIpc) is 2.17. The zero-order valence-corrected chi connectivity index (χ0v) is 13.6. The number of carbonyl (C=O) groups excluding carboxylic acids is 2. The Morgan fingerprint density at radius 3 is 2.14 bits per heavy atom. The zero-order chi connectivity index (χ0) is 16.4. The topological polar surface area (TPSA) is 76.1 Å². The molecule has 1 heterocycles. The van der Waals surface area contributed by atoms with E-state index in [1.807, 2.05) is 0 Å². The van der Waals surface area contributed by atoms with Crippen LogP contribution in [0.15, 0.2) is 11.6 Å². The summed E-state index contributed by atoms with van der Waals surface area (Å²) in [6, 6.07) is -0.814. The molecule has 120 valence electrons. The first-order valence-corrected chi connectivity index (χ1v) is 6.97. The molecule has 1 atom stereocenters. The third-order valence-corrected chi connectivity index (χ3v) is 2.63. The first kappa shape index (κ1) is 17.5. The number of aliphatic hydroxyl groups excluding tert-OH is 1. The molecule has 0 aliphatic carbocycles. The number of hydrogen-bond acceptors (Lipinski definition) is 5. The monoisotopic (exact) mass is 299 g/mol. The van der Waals surface area contributed by atoms with E-state index < -0.39 is 29.3 Å². The lowest BCUT2D eigenvalue weighted by atomic mass is 9.95. The number of nitrogens with zero attached hydrogens (tertiary/aromatic N) is 1. The van der Waals surface area contributed by atoms with Gasteiger partial charge >= 0.3 is 12.1 Å². The Morgan fingerprint density at radius 1 is 1.19 bits per heavy atom. The number of ether oxygens (including phenoxy) is 2. The Hall–Kier alpha value is -1.56. The predicted octanol–water partition coefficient (Wildman–Crippen LogP) is 1.87. The molecule has 0 aromatic carbocycles. The maximum absolute atomic E-state index is 12.2. The molecule has 0 aromatic heterocycles. The van der Waals surface area contributed by atoms with Crippen LogP contribution in [0.5, 0.6) is 0 Å². The molecule has 1 amide bonds. The lowest BCUT2D eigenvalue weighted by molar-refractivity contribution is -0.162. The fourth-order valence-corrected chi connectivity index (χ4v) is 1.88. The smallest absolute Gasteiger partial charge is 0.411 e. The summed E-state index contributed by atoms with van der Waals surface area (Å²) in [5.74, 6) is -0.515. The van der Waals surface area contributed by atoms with Crippen molar-refractivity contribution in [3.05, 3.63) is 11.6 Å². The quantitative estimate of drug-likeness (QED) is 0.622. The SMILES string of the molecule is CC(C)(C)OC(=O)[C@@H]1/C(=C\CO)CN1C(=O)OC(C)(C)C. The lowest BCUT2D eigenvalue weighted by Crippen LogP contribution is -2.59. The Balaban J connectivity index is 2.85. The van der Waals surface area contributed by atoms with Gasteiger partial charge in [-0.2, -0.15) is 0 Å². The Morgan fingerprint density at radius 2 is 1.71 bits per heavy atom. The van der Waals surface area contributed by atoms with Crippen molar-refractivity contribution in [1.29, 1.82) is 0 Å². The molecule has 1 aliphatic rings. The molecule has 1 rings (SSSR count). The molecule has 1 N–H and O–H groups in total. The van der Waals surface area contributed by atoms with E-state index in [1.54, 1.807) is 41.5 Å². The molecule has 6 nitrogen and oxygen atoms in total. The van der Waals surface area contributed by atoms with Gasteiger partial charge in [0.05, 0.1) is 6.61 Å². The third kappa shape index (κ3) is 5.04. The summed E-state index contributed by atoms with van der Waals surface area (Å²) >= 11 is 0. The molecule has 21 heavy (non-hydrogen) atoms. The molecular weight excluding hydrogens is 274 g/mol. The van der Waals surface area contributed by atoms with Crippen LogP contribution in [0.25, 0.3) is 0 Å². The van der Waals surface area contributed by atoms with Gasteiger partial charge in [-0.25, -0.2) is 9.59 Å². The second-order valence-electron chi connectivity index (χ2n) is 7.01. The van der Waals surface area contributed by atoms with Gasteiger partial charge in [0.15, 0.2) is 6.04 Å². The molecule has 0 radical (unpaired) electrons. The molecule has 6 heteroatoms. The minimum absolute atomic E-state index is 0.184. The summed E-state index contributed by atoms with van der Waals surface area (Å²) < 4.78 is 10.6. The highest BCUT2D eigenvalue weighted by Gasteiger charge is 2.45. The van der Waals surface area contributed by atoms with Crippen molar-refractivity contribution < 1.29 is 24.2 Å². The van der Waals surface area contributed by atoms with Gasteiger partial charge in [0.2, 0.25) is 0 Å². The second kappa shape index (κ2) is 6.05. The molecule has 1 aliphatic heterocycles. The van der Waals surface area contributed by atoms with Gasteiger partial charge in [-0.1, -0.05) is 6.08 Å². The highest BCUT2D eigenvalue weighted by molar-refractivity contribution is 5.88. The van der Waals surface area contributed by atoms with Gasteiger partial charge in [0.25, 0.3) is 0 Å². The number of rotatable bonds is 2. The van der Waals surface area contributed by atoms with Crippen LogP contribution in [0, 0.1) is 0 Å². The van der Waals surface area contributed by atoms with Gasteiger partial charge in [-0.15, -0.1) is 0 Å². The maximum atomic E-state index is 12.2. The van der Waals surface area contributed by atoms with Crippen molar-refractivity contribution in [3.8, 4) is 0 Å². The lowest BCUT2D eigenvalue weighted by Gasteiger charge is -2.42. The van der Waals surface area contributed by atoms with E-state index in [-0.39, 0.29) is 13.2 Å². The van der Waals surface area contributed by atoms with Crippen LogP contribution in [0.3, 0.4) is 0 Å². The normalized spacial score (nSPS) is 21.0. The maximum Gasteiger partial charge on any atom is 0.411 e. The third-order valence-electron chi connectivity index (χ3n) is 2.63. The fraction of sp³-hybridized carbons (Fsp3) is 0.733. The fourth-order valence-electron chi connectivity index (χ4n) is 1.88. The van der Waals surface area contributed by atoms with E-state index in [1.165, 1.54) is 11.0 Å². The van der Waals surface area contributed by atoms with Gasteiger partial charge in [0, 0.05) is 6.54 Å². The van der Waals surface area contributed by atoms with Crippen molar-refractivity contribution in [2.24, 2.45) is 0 Å². The molecule has 0 unspecified atom stereocenters. The van der Waals surface area contributed by atoms with Gasteiger partial charge in [-0.05, 0) is 47.1 Å². The molecule has 0 saturated carbocycles. The van der Waals surface area contributed by atoms with E-state index in [0.29, 0.717) is 5.57 Å². The number of esters is 1. The van der Waals surface area contributed by atoms with Gasteiger partial charge in [-0.3, -0.25) is 4.90 Å². The highest BCUT2D eigenvalue weighted by atomic mass is 16.6. The highest BCUT2D eigenvalue weighted by Crippen LogP contribution is 2.28. The Bertz CT molecular complexity index is 442. The van der Waals surface area contributed by atoms with Crippen LogP contribution < -0.4 is 0 Å². The van der Waals surface area contributed by atoms with Crippen LogP contribution in [-0.4, -0.2) is 52.5 Å². The second-order valence-corrected chi connectivity index (χ2v) is 7.01. The molecular formula is C15H25NO5.